The predicted molar refractivity (Wildman–Crippen MR) is 113 cm³/mol. The van der Waals surface area contributed by atoms with Gasteiger partial charge in [-0.05, 0) is 45.6 Å². The number of hydrogen-bond donors (Lipinski definition) is 2. The van der Waals surface area contributed by atoms with Crippen molar-refractivity contribution in [3.63, 3.8) is 0 Å². The molecule has 0 aliphatic heterocycles. The maximum Gasteiger partial charge on any atom is 0.188 e. The van der Waals surface area contributed by atoms with Crippen LogP contribution in [0.3, 0.4) is 0 Å². The molecule has 140 valence electrons. The first-order valence-corrected chi connectivity index (χ1v) is 9.42. The van der Waals surface area contributed by atoms with Crippen molar-refractivity contribution < 1.29 is 0 Å². The van der Waals surface area contributed by atoms with Crippen LogP contribution in [0.1, 0.15) is 63.6 Å². The van der Waals surface area contributed by atoms with Crippen molar-refractivity contribution in [2.45, 2.75) is 58.9 Å². The molecule has 0 amide bonds. The molecule has 2 aromatic rings. The number of guanidine groups is 1. The van der Waals surface area contributed by atoms with E-state index in [4.69, 9.17) is 11.1 Å². The van der Waals surface area contributed by atoms with Crippen LogP contribution in [0.5, 0.6) is 0 Å². The Labute approximate surface area is 158 Å². The fourth-order valence-corrected chi connectivity index (χ4v) is 3.03. The summed E-state index contributed by atoms with van der Waals surface area (Å²) < 4.78 is 0. The van der Waals surface area contributed by atoms with Crippen LogP contribution in [0.4, 0.5) is 0 Å². The zero-order valence-electron chi connectivity index (χ0n) is 17.1. The summed E-state index contributed by atoms with van der Waals surface area (Å²) in [6.07, 6.45) is 1.12. The first-order valence-electron chi connectivity index (χ1n) is 9.42. The van der Waals surface area contributed by atoms with E-state index in [0.717, 1.165) is 6.42 Å². The Hall–Kier alpha value is -2.29. The van der Waals surface area contributed by atoms with E-state index in [1.807, 2.05) is 7.05 Å². The molecule has 0 spiro atoms. The number of benzene rings is 2. The lowest BCUT2D eigenvalue weighted by atomic mass is 9.85. The van der Waals surface area contributed by atoms with Gasteiger partial charge in [0.15, 0.2) is 5.96 Å². The van der Waals surface area contributed by atoms with E-state index >= 15 is 0 Å². The van der Waals surface area contributed by atoms with Gasteiger partial charge in [-0.1, -0.05) is 77.1 Å². The molecule has 26 heavy (non-hydrogen) atoms. The third-order valence-electron chi connectivity index (χ3n) is 5.20. The summed E-state index contributed by atoms with van der Waals surface area (Å²) >= 11 is 0. The SMILES string of the molecule is CCC(C)c1ccc(CN(C)C(=N)N)c(-c2ccc(C(C)(C)C)cc2)c1. The fourth-order valence-electron chi connectivity index (χ4n) is 3.03. The van der Waals surface area contributed by atoms with Crippen molar-refractivity contribution >= 4 is 5.96 Å². The molecule has 1 atom stereocenters. The molecule has 2 aromatic carbocycles. The highest BCUT2D eigenvalue weighted by molar-refractivity contribution is 5.75. The first-order chi connectivity index (χ1) is 12.1. The second-order valence-corrected chi connectivity index (χ2v) is 8.29. The monoisotopic (exact) mass is 351 g/mol. The normalized spacial score (nSPS) is 12.7. The number of rotatable bonds is 5. The van der Waals surface area contributed by atoms with Crippen LogP contribution < -0.4 is 5.73 Å². The van der Waals surface area contributed by atoms with Gasteiger partial charge in [0.25, 0.3) is 0 Å². The highest BCUT2D eigenvalue weighted by Gasteiger charge is 2.15. The molecular weight excluding hydrogens is 318 g/mol. The average Bonchev–Trinajstić information content (AvgIpc) is 2.60. The third-order valence-corrected chi connectivity index (χ3v) is 5.20. The summed E-state index contributed by atoms with van der Waals surface area (Å²) in [7, 11) is 1.86. The molecule has 0 saturated carbocycles. The quantitative estimate of drug-likeness (QED) is 0.553. The summed E-state index contributed by atoms with van der Waals surface area (Å²) in [6.45, 7) is 11.8. The molecule has 0 radical (unpaired) electrons. The maximum absolute atomic E-state index is 7.67. The number of hydrogen-bond acceptors (Lipinski definition) is 1. The fraction of sp³-hybridized carbons (Fsp3) is 0.435. The van der Waals surface area contributed by atoms with Gasteiger partial charge in [0.2, 0.25) is 0 Å². The van der Waals surface area contributed by atoms with Crippen molar-refractivity contribution in [2.24, 2.45) is 5.73 Å². The second kappa shape index (κ2) is 7.94. The Morgan fingerprint density at radius 2 is 1.73 bits per heavy atom. The Balaban J connectivity index is 2.49. The lowest BCUT2D eigenvalue weighted by Crippen LogP contribution is -2.32. The molecule has 3 nitrogen and oxygen atoms in total. The van der Waals surface area contributed by atoms with E-state index in [2.05, 4.69) is 77.1 Å². The Bertz CT molecular complexity index is 754. The van der Waals surface area contributed by atoms with Gasteiger partial charge in [0.05, 0.1) is 0 Å². The van der Waals surface area contributed by atoms with Gasteiger partial charge in [-0.3, -0.25) is 5.41 Å². The second-order valence-electron chi connectivity index (χ2n) is 8.29. The van der Waals surface area contributed by atoms with Crippen LogP contribution >= 0.6 is 0 Å². The van der Waals surface area contributed by atoms with Gasteiger partial charge in [-0.25, -0.2) is 0 Å². The van der Waals surface area contributed by atoms with E-state index in [0.29, 0.717) is 12.5 Å². The van der Waals surface area contributed by atoms with Crippen molar-refractivity contribution in [2.75, 3.05) is 7.05 Å². The van der Waals surface area contributed by atoms with E-state index in [1.54, 1.807) is 4.90 Å². The van der Waals surface area contributed by atoms with E-state index in [9.17, 15) is 0 Å². The Morgan fingerprint density at radius 1 is 1.12 bits per heavy atom. The first kappa shape index (κ1) is 20.0. The van der Waals surface area contributed by atoms with E-state index in [-0.39, 0.29) is 11.4 Å². The smallest absolute Gasteiger partial charge is 0.188 e. The van der Waals surface area contributed by atoms with E-state index in [1.165, 1.54) is 27.8 Å². The van der Waals surface area contributed by atoms with Crippen molar-refractivity contribution in [1.82, 2.24) is 4.90 Å². The maximum atomic E-state index is 7.67. The number of nitrogens with two attached hydrogens (primary N) is 1. The summed E-state index contributed by atoms with van der Waals surface area (Å²) in [4.78, 5) is 1.77. The van der Waals surface area contributed by atoms with Crippen LogP contribution in [0, 0.1) is 5.41 Å². The largest absolute Gasteiger partial charge is 0.370 e. The summed E-state index contributed by atoms with van der Waals surface area (Å²) in [5, 5.41) is 7.67. The van der Waals surface area contributed by atoms with Gasteiger partial charge in [-0.15, -0.1) is 0 Å². The standard InChI is InChI=1S/C23H33N3/c1-7-16(2)18-8-9-19(15-26(6)22(24)25)21(14-18)17-10-12-20(13-11-17)23(3,4)5/h8-14,16H,7,15H2,1-6H3,(H3,24,25). The molecule has 1 unspecified atom stereocenters. The molecule has 2 rings (SSSR count). The van der Waals surface area contributed by atoms with Gasteiger partial charge >= 0.3 is 0 Å². The minimum atomic E-state index is 0.0880. The van der Waals surface area contributed by atoms with Crippen molar-refractivity contribution in [3.8, 4) is 11.1 Å². The summed E-state index contributed by atoms with van der Waals surface area (Å²) in [6, 6.07) is 15.6. The van der Waals surface area contributed by atoms with Gasteiger partial charge < -0.3 is 10.6 Å². The van der Waals surface area contributed by atoms with E-state index < -0.39 is 0 Å². The molecule has 0 aliphatic rings. The minimum Gasteiger partial charge on any atom is -0.370 e. The highest BCUT2D eigenvalue weighted by Crippen LogP contribution is 2.31. The molecule has 0 aliphatic carbocycles. The minimum absolute atomic E-state index is 0.0880. The molecule has 3 N–H and O–H groups in total. The highest BCUT2D eigenvalue weighted by atomic mass is 15.2. The predicted octanol–water partition coefficient (Wildman–Crippen LogP) is 5.49. The van der Waals surface area contributed by atoms with Gasteiger partial charge in [0, 0.05) is 13.6 Å². The van der Waals surface area contributed by atoms with Crippen LogP contribution in [0.25, 0.3) is 11.1 Å². The summed E-state index contributed by atoms with van der Waals surface area (Å²) in [5.74, 6) is 0.618. The van der Waals surface area contributed by atoms with Crippen molar-refractivity contribution in [3.05, 3.63) is 59.2 Å². The van der Waals surface area contributed by atoms with Crippen molar-refractivity contribution in [1.29, 1.82) is 5.41 Å². The molecule has 0 aromatic heterocycles. The van der Waals surface area contributed by atoms with Crippen LogP contribution in [0.2, 0.25) is 0 Å². The number of nitrogens with one attached hydrogen (secondary N) is 1. The zero-order chi connectivity index (χ0) is 19.5. The van der Waals surface area contributed by atoms with Gasteiger partial charge in [0.1, 0.15) is 0 Å². The lowest BCUT2D eigenvalue weighted by molar-refractivity contribution is 0.492. The molecule has 0 heterocycles. The van der Waals surface area contributed by atoms with Crippen LogP contribution in [-0.2, 0) is 12.0 Å². The molecule has 3 heteroatoms. The van der Waals surface area contributed by atoms with Crippen LogP contribution in [-0.4, -0.2) is 17.9 Å². The molecule has 0 fully saturated rings. The lowest BCUT2D eigenvalue weighted by Gasteiger charge is -2.22. The molecular formula is C23H33N3. The Kier molecular flexibility index (Phi) is 6.12. The number of nitrogens with zero attached hydrogens (tertiary/aromatic N) is 1. The molecule has 0 saturated heterocycles. The van der Waals surface area contributed by atoms with Gasteiger partial charge in [-0.2, -0.15) is 0 Å². The van der Waals surface area contributed by atoms with Crippen LogP contribution in [0.15, 0.2) is 42.5 Å². The topological polar surface area (TPSA) is 53.1 Å². The average molecular weight is 352 g/mol. The third kappa shape index (κ3) is 4.66. The molecule has 0 bridgehead atoms. The Morgan fingerprint density at radius 3 is 2.23 bits per heavy atom. The summed E-state index contributed by atoms with van der Waals surface area (Å²) in [5.41, 5.74) is 12.1. The zero-order valence-corrected chi connectivity index (χ0v) is 17.1.